The third-order valence-corrected chi connectivity index (χ3v) is 8.11. The summed E-state index contributed by atoms with van der Waals surface area (Å²) in [5.74, 6) is 2.28. The molecule has 0 unspecified atom stereocenters. The summed E-state index contributed by atoms with van der Waals surface area (Å²) in [5.41, 5.74) is 6.30. The Hall–Kier alpha value is -5.96. The van der Waals surface area contributed by atoms with Crippen LogP contribution in [0.5, 0.6) is 0 Å². The van der Waals surface area contributed by atoms with Gasteiger partial charge in [0.15, 0.2) is 34.6 Å². The molecular weight excluding hydrogens is 536 g/mol. The van der Waals surface area contributed by atoms with Crippen LogP contribution in [-0.4, -0.2) is 46.3 Å². The predicted octanol–water partition coefficient (Wildman–Crippen LogP) is 6.41. The number of hydrogen-bond donors (Lipinski definition) is 0. The second kappa shape index (κ2) is 8.77. The Morgan fingerprint density at radius 2 is 0.721 bits per heavy atom. The van der Waals surface area contributed by atoms with Gasteiger partial charge in [-0.3, -0.25) is 0 Å². The van der Waals surface area contributed by atoms with Crippen molar-refractivity contribution in [2.24, 2.45) is 7.05 Å². The molecule has 204 valence electrons. The van der Waals surface area contributed by atoms with Crippen molar-refractivity contribution in [1.29, 1.82) is 0 Å². The maximum absolute atomic E-state index is 5.94. The van der Waals surface area contributed by atoms with Crippen LogP contribution in [0.15, 0.2) is 97.1 Å². The first kappa shape index (κ1) is 23.7. The van der Waals surface area contributed by atoms with Gasteiger partial charge in [0.2, 0.25) is 0 Å². The van der Waals surface area contributed by atoms with Gasteiger partial charge in [-0.2, -0.15) is 0 Å². The standard InChI is InChI=1S/C34H22N8O/c1-41-31-23-15-7-8-16-24(23)32(41)38-28-20-12-4-6-14-22(20)30(36-28)40-34-26-18-10-9-17-25(26)33(42(34)43-2)39-29-21-13-5-3-11-19(21)27(35-29)37-31/h3-18H,1-2H3. The summed E-state index contributed by atoms with van der Waals surface area (Å²) >= 11 is 0. The zero-order valence-electron chi connectivity index (χ0n) is 23.2. The van der Waals surface area contributed by atoms with Crippen LogP contribution in [0.3, 0.4) is 0 Å². The molecule has 43 heavy (non-hydrogen) atoms. The van der Waals surface area contributed by atoms with Gasteiger partial charge in [0, 0.05) is 50.8 Å². The molecule has 8 bridgehead atoms. The second-order valence-electron chi connectivity index (χ2n) is 10.5. The van der Waals surface area contributed by atoms with Crippen LogP contribution in [0.4, 0.5) is 0 Å². The molecule has 0 fully saturated rings. The molecular formula is C34H22N8O. The Morgan fingerprint density at radius 3 is 1.07 bits per heavy atom. The van der Waals surface area contributed by atoms with Crippen molar-refractivity contribution < 1.29 is 4.84 Å². The van der Waals surface area contributed by atoms with Gasteiger partial charge in [-0.15, -0.1) is 4.73 Å². The zero-order valence-corrected chi connectivity index (χ0v) is 23.2. The van der Waals surface area contributed by atoms with E-state index in [1.54, 1.807) is 11.8 Å². The van der Waals surface area contributed by atoms with Crippen molar-refractivity contribution in [1.82, 2.24) is 39.2 Å². The summed E-state index contributed by atoms with van der Waals surface area (Å²) in [4.78, 5) is 36.4. The molecule has 9 nitrogen and oxygen atoms in total. The predicted molar refractivity (Wildman–Crippen MR) is 167 cm³/mol. The minimum absolute atomic E-state index is 0.553. The van der Waals surface area contributed by atoms with E-state index in [0.717, 1.165) is 55.1 Å². The highest BCUT2D eigenvalue weighted by Crippen LogP contribution is 2.37. The Bertz CT molecular complexity index is 2310. The highest BCUT2D eigenvalue weighted by Gasteiger charge is 2.23. The van der Waals surface area contributed by atoms with Gasteiger partial charge in [-0.1, -0.05) is 97.1 Å². The lowest BCUT2D eigenvalue weighted by atomic mass is 10.1. The fourth-order valence-corrected chi connectivity index (χ4v) is 6.11. The summed E-state index contributed by atoms with van der Waals surface area (Å²) in [7, 11) is 3.59. The zero-order chi connectivity index (χ0) is 28.7. The van der Waals surface area contributed by atoms with Gasteiger partial charge in [-0.25, -0.2) is 29.9 Å². The Balaban J connectivity index is 1.56. The van der Waals surface area contributed by atoms with E-state index in [2.05, 4.69) is 12.1 Å². The van der Waals surface area contributed by atoms with E-state index in [9.17, 15) is 0 Å². The number of fused-ring (bicyclic) bond motifs is 20. The lowest BCUT2D eigenvalue weighted by molar-refractivity contribution is 0.187. The van der Waals surface area contributed by atoms with E-state index in [0.29, 0.717) is 34.6 Å². The van der Waals surface area contributed by atoms with Crippen LogP contribution < -0.4 is 4.84 Å². The SMILES string of the molecule is COn1c2nc3nc(nc4c5ccccc5c(nc5nc(nc1c1ccccc12)-c1ccccc1-5)n4C)-c1ccccc1-3. The molecule has 0 aliphatic carbocycles. The molecule has 0 saturated heterocycles. The minimum Gasteiger partial charge on any atom is -0.414 e. The van der Waals surface area contributed by atoms with Crippen molar-refractivity contribution in [2.45, 2.75) is 0 Å². The van der Waals surface area contributed by atoms with E-state index in [1.165, 1.54) is 0 Å². The summed E-state index contributed by atoms with van der Waals surface area (Å²) in [6.07, 6.45) is 0. The fraction of sp³-hybridized carbons (Fsp3) is 0.0588. The number of hydrogen-bond acceptors (Lipinski definition) is 7. The molecule has 0 atom stereocenters. The van der Waals surface area contributed by atoms with E-state index in [-0.39, 0.29) is 0 Å². The molecule has 2 aliphatic heterocycles. The monoisotopic (exact) mass is 558 g/mol. The van der Waals surface area contributed by atoms with Gasteiger partial charge < -0.3 is 9.40 Å². The first-order chi connectivity index (χ1) is 21.2. The van der Waals surface area contributed by atoms with Gasteiger partial charge >= 0.3 is 0 Å². The molecule has 0 amide bonds. The van der Waals surface area contributed by atoms with Crippen LogP contribution in [0.25, 0.3) is 89.7 Å². The fourth-order valence-electron chi connectivity index (χ4n) is 6.11. The number of nitrogens with zero attached hydrogens (tertiary/aromatic N) is 8. The molecule has 5 heterocycles. The number of rotatable bonds is 1. The average Bonchev–Trinajstić information content (AvgIpc) is 3.74. The van der Waals surface area contributed by atoms with Gasteiger partial charge in [0.1, 0.15) is 18.4 Å². The molecule has 4 aromatic carbocycles. The molecule has 0 spiro atoms. The normalized spacial score (nSPS) is 12.0. The van der Waals surface area contributed by atoms with Gasteiger partial charge in [0.25, 0.3) is 0 Å². The first-order valence-corrected chi connectivity index (χ1v) is 13.9. The quantitative estimate of drug-likeness (QED) is 0.230. The molecule has 0 saturated carbocycles. The molecule has 9 rings (SSSR count). The number of benzene rings is 4. The molecule has 3 aromatic heterocycles. The molecule has 2 aliphatic rings. The van der Waals surface area contributed by atoms with Gasteiger partial charge in [0.05, 0.1) is 0 Å². The van der Waals surface area contributed by atoms with Crippen molar-refractivity contribution in [2.75, 3.05) is 7.11 Å². The van der Waals surface area contributed by atoms with Crippen LogP contribution in [0, 0.1) is 0 Å². The summed E-state index contributed by atoms with van der Waals surface area (Å²) in [6.45, 7) is 0. The van der Waals surface area contributed by atoms with Crippen LogP contribution in [0.2, 0.25) is 0 Å². The Morgan fingerprint density at radius 1 is 0.419 bits per heavy atom. The smallest absolute Gasteiger partial charge is 0.180 e. The number of aryl methyl sites for hydroxylation is 1. The van der Waals surface area contributed by atoms with E-state index >= 15 is 0 Å². The third kappa shape index (κ3) is 3.33. The maximum atomic E-state index is 5.94. The second-order valence-corrected chi connectivity index (χ2v) is 10.5. The van der Waals surface area contributed by atoms with Crippen LogP contribution in [0.1, 0.15) is 0 Å². The lowest BCUT2D eigenvalue weighted by Gasteiger charge is -2.02. The summed E-state index contributed by atoms with van der Waals surface area (Å²) in [6, 6.07) is 32.2. The highest BCUT2D eigenvalue weighted by molar-refractivity contribution is 6.07. The lowest BCUT2D eigenvalue weighted by Crippen LogP contribution is -2.06. The van der Waals surface area contributed by atoms with E-state index in [1.807, 2.05) is 96.5 Å². The topological polar surface area (TPSA) is 96.4 Å². The highest BCUT2D eigenvalue weighted by atomic mass is 16.6. The van der Waals surface area contributed by atoms with Crippen molar-refractivity contribution >= 4 is 44.1 Å². The summed E-state index contributed by atoms with van der Waals surface area (Å²) < 4.78 is 3.65. The van der Waals surface area contributed by atoms with Crippen LogP contribution >= 0.6 is 0 Å². The Kier molecular flexibility index (Phi) is 4.84. The van der Waals surface area contributed by atoms with Crippen molar-refractivity contribution in [3.05, 3.63) is 97.1 Å². The van der Waals surface area contributed by atoms with Crippen molar-refractivity contribution in [3.63, 3.8) is 0 Å². The van der Waals surface area contributed by atoms with E-state index < -0.39 is 0 Å². The largest absolute Gasteiger partial charge is 0.414 e. The molecule has 9 heteroatoms. The molecule has 7 aromatic rings. The van der Waals surface area contributed by atoms with Gasteiger partial charge in [-0.05, 0) is 0 Å². The van der Waals surface area contributed by atoms with E-state index in [4.69, 9.17) is 34.7 Å². The van der Waals surface area contributed by atoms with Crippen molar-refractivity contribution in [3.8, 4) is 45.6 Å². The Labute approximate surface area is 244 Å². The maximum Gasteiger partial charge on any atom is 0.180 e. The summed E-state index contributed by atoms with van der Waals surface area (Å²) in [5, 5.41) is 3.72. The number of aromatic nitrogens is 8. The third-order valence-electron chi connectivity index (χ3n) is 8.11. The molecule has 0 radical (unpaired) electrons. The minimum atomic E-state index is 0.553. The molecule has 0 N–H and O–H groups in total. The first-order valence-electron chi connectivity index (χ1n) is 13.9. The van der Waals surface area contributed by atoms with Crippen LogP contribution in [-0.2, 0) is 7.05 Å². The average molecular weight is 559 g/mol.